The van der Waals surface area contributed by atoms with Crippen molar-refractivity contribution in [3.8, 4) is 0 Å². The number of anilines is 2. The highest BCUT2D eigenvalue weighted by Crippen LogP contribution is 2.25. The molecule has 0 saturated carbocycles. The third kappa shape index (κ3) is 4.23. The van der Waals surface area contributed by atoms with E-state index in [0.717, 1.165) is 15.8 Å². The minimum absolute atomic E-state index is 0.583. The number of rotatable bonds is 3. The number of halogens is 1. The maximum atomic E-state index is 5.32. The Kier molecular flexibility index (Phi) is 5.24. The second-order valence-corrected chi connectivity index (χ2v) is 5.96. The van der Waals surface area contributed by atoms with Gasteiger partial charge in [-0.2, -0.15) is 0 Å². The first-order valence-electron chi connectivity index (χ1n) is 5.65. The molecule has 0 spiro atoms. The summed E-state index contributed by atoms with van der Waals surface area (Å²) < 4.78 is 1.02. The lowest BCUT2D eigenvalue weighted by Gasteiger charge is -2.13. The Hall–Kier alpha value is -1.04. The monoisotopic (exact) mass is 352 g/mol. The van der Waals surface area contributed by atoms with E-state index in [1.54, 1.807) is 11.8 Å². The maximum Gasteiger partial charge on any atom is 0.175 e. The van der Waals surface area contributed by atoms with E-state index in [9.17, 15) is 0 Å². The molecule has 0 saturated heterocycles. The largest absolute Gasteiger partial charge is 0.332 e. The average Bonchev–Trinajstić information content (AvgIpc) is 2.39. The van der Waals surface area contributed by atoms with Crippen LogP contribution in [-0.2, 0) is 0 Å². The lowest BCUT2D eigenvalue weighted by atomic mass is 10.3. The molecule has 0 amide bonds. The molecule has 0 radical (unpaired) electrons. The van der Waals surface area contributed by atoms with Crippen molar-refractivity contribution in [3.63, 3.8) is 0 Å². The zero-order valence-electron chi connectivity index (χ0n) is 10.3. The number of nitrogens with one attached hydrogen (secondary N) is 2. The van der Waals surface area contributed by atoms with Gasteiger partial charge in [0.15, 0.2) is 5.11 Å². The van der Waals surface area contributed by atoms with Crippen LogP contribution in [0.25, 0.3) is 0 Å². The molecule has 98 valence electrons. The SMILES string of the molecule is CSc1ccccc1NC(=S)Nc1cccc(Br)c1. The summed E-state index contributed by atoms with van der Waals surface area (Å²) in [5, 5.41) is 6.96. The molecule has 0 atom stereocenters. The van der Waals surface area contributed by atoms with Crippen LogP contribution in [0.1, 0.15) is 0 Å². The first-order chi connectivity index (χ1) is 9.19. The molecule has 0 aromatic heterocycles. The predicted molar refractivity (Wildman–Crippen MR) is 92.2 cm³/mol. The Morgan fingerprint density at radius 1 is 1.11 bits per heavy atom. The highest BCUT2D eigenvalue weighted by Gasteiger charge is 2.03. The number of thiocarbonyl (C=S) groups is 1. The summed E-state index contributed by atoms with van der Waals surface area (Å²) in [7, 11) is 0. The van der Waals surface area contributed by atoms with Crippen molar-refractivity contribution in [2.24, 2.45) is 0 Å². The lowest BCUT2D eigenvalue weighted by Crippen LogP contribution is -2.19. The van der Waals surface area contributed by atoms with Gasteiger partial charge in [-0.25, -0.2) is 0 Å². The summed E-state index contributed by atoms with van der Waals surface area (Å²) in [6, 6.07) is 16.0. The van der Waals surface area contributed by atoms with Gasteiger partial charge in [-0.05, 0) is 48.8 Å². The van der Waals surface area contributed by atoms with Crippen LogP contribution in [0, 0.1) is 0 Å². The summed E-state index contributed by atoms with van der Waals surface area (Å²) in [5.41, 5.74) is 1.97. The van der Waals surface area contributed by atoms with Crippen LogP contribution in [0.3, 0.4) is 0 Å². The summed E-state index contributed by atoms with van der Waals surface area (Å²) in [4.78, 5) is 1.17. The first kappa shape index (κ1) is 14.4. The van der Waals surface area contributed by atoms with E-state index >= 15 is 0 Å². The van der Waals surface area contributed by atoms with Crippen LogP contribution >= 0.6 is 39.9 Å². The summed E-state index contributed by atoms with van der Waals surface area (Å²) >= 11 is 10.4. The smallest absolute Gasteiger partial charge is 0.175 e. The molecular formula is C14H13BrN2S2. The summed E-state index contributed by atoms with van der Waals surface area (Å²) in [6.45, 7) is 0. The molecule has 2 aromatic carbocycles. The molecule has 19 heavy (non-hydrogen) atoms. The quantitative estimate of drug-likeness (QED) is 0.600. The Morgan fingerprint density at radius 2 is 1.89 bits per heavy atom. The van der Waals surface area contributed by atoms with E-state index in [1.165, 1.54) is 4.90 Å². The number of thioether (sulfide) groups is 1. The number of para-hydroxylation sites is 1. The van der Waals surface area contributed by atoms with Crippen molar-refractivity contribution >= 4 is 56.4 Å². The minimum atomic E-state index is 0.583. The van der Waals surface area contributed by atoms with Crippen molar-refractivity contribution < 1.29 is 0 Å². The average molecular weight is 353 g/mol. The van der Waals surface area contributed by atoms with Crippen LogP contribution in [0.5, 0.6) is 0 Å². The normalized spacial score (nSPS) is 10.0. The number of benzene rings is 2. The van der Waals surface area contributed by atoms with Crippen LogP contribution in [0.4, 0.5) is 11.4 Å². The molecular weight excluding hydrogens is 340 g/mol. The molecule has 0 fully saturated rings. The maximum absolute atomic E-state index is 5.32. The van der Waals surface area contributed by atoms with E-state index in [4.69, 9.17) is 12.2 Å². The second kappa shape index (κ2) is 6.93. The lowest BCUT2D eigenvalue weighted by molar-refractivity contribution is 1.44. The van der Waals surface area contributed by atoms with Gasteiger partial charge in [0, 0.05) is 15.1 Å². The zero-order valence-corrected chi connectivity index (χ0v) is 13.5. The molecule has 2 nitrogen and oxygen atoms in total. The topological polar surface area (TPSA) is 24.1 Å². The second-order valence-electron chi connectivity index (χ2n) is 3.79. The summed E-state index contributed by atoms with van der Waals surface area (Å²) in [5.74, 6) is 0. The van der Waals surface area contributed by atoms with E-state index in [0.29, 0.717) is 5.11 Å². The van der Waals surface area contributed by atoms with Crippen LogP contribution in [0.15, 0.2) is 57.9 Å². The molecule has 5 heteroatoms. The van der Waals surface area contributed by atoms with Crippen molar-refractivity contribution in [3.05, 3.63) is 53.0 Å². The van der Waals surface area contributed by atoms with Crippen molar-refractivity contribution in [2.45, 2.75) is 4.90 Å². The van der Waals surface area contributed by atoms with Gasteiger partial charge < -0.3 is 10.6 Å². The van der Waals surface area contributed by atoms with Gasteiger partial charge in [-0.15, -0.1) is 11.8 Å². The fourth-order valence-electron chi connectivity index (χ4n) is 1.60. The van der Waals surface area contributed by atoms with Gasteiger partial charge in [0.1, 0.15) is 0 Å². The molecule has 0 heterocycles. The molecule has 0 bridgehead atoms. The molecule has 2 aromatic rings. The third-order valence-electron chi connectivity index (χ3n) is 2.44. The molecule has 2 N–H and O–H groups in total. The predicted octanol–water partition coefficient (Wildman–Crippen LogP) is 4.98. The Labute approximate surface area is 131 Å². The standard InChI is InChI=1S/C14H13BrN2S2/c1-19-13-8-3-2-7-12(13)17-14(18)16-11-6-4-5-10(15)9-11/h2-9H,1H3,(H2,16,17,18). The summed E-state index contributed by atoms with van der Waals surface area (Å²) in [6.07, 6.45) is 2.05. The number of hydrogen-bond donors (Lipinski definition) is 2. The zero-order chi connectivity index (χ0) is 13.7. The van der Waals surface area contributed by atoms with Crippen molar-refractivity contribution in [2.75, 3.05) is 16.9 Å². The third-order valence-corrected chi connectivity index (χ3v) is 3.93. The molecule has 0 unspecified atom stereocenters. The van der Waals surface area contributed by atoms with Gasteiger partial charge in [0.05, 0.1) is 5.69 Å². The first-order valence-corrected chi connectivity index (χ1v) is 8.08. The Morgan fingerprint density at radius 3 is 2.63 bits per heavy atom. The van der Waals surface area contributed by atoms with Gasteiger partial charge in [0.25, 0.3) is 0 Å². The Bertz CT molecular complexity index is 587. The molecule has 2 rings (SSSR count). The van der Waals surface area contributed by atoms with Crippen LogP contribution in [-0.4, -0.2) is 11.4 Å². The van der Waals surface area contributed by atoms with Gasteiger partial charge in [-0.3, -0.25) is 0 Å². The van der Waals surface area contributed by atoms with Crippen LogP contribution < -0.4 is 10.6 Å². The van der Waals surface area contributed by atoms with Crippen molar-refractivity contribution in [1.82, 2.24) is 0 Å². The van der Waals surface area contributed by atoms with Gasteiger partial charge >= 0.3 is 0 Å². The number of hydrogen-bond acceptors (Lipinski definition) is 2. The Balaban J connectivity index is 2.05. The highest BCUT2D eigenvalue weighted by molar-refractivity contribution is 9.10. The van der Waals surface area contributed by atoms with Crippen LogP contribution in [0.2, 0.25) is 0 Å². The van der Waals surface area contributed by atoms with E-state index in [1.807, 2.05) is 48.7 Å². The van der Waals surface area contributed by atoms with E-state index < -0.39 is 0 Å². The fourth-order valence-corrected chi connectivity index (χ4v) is 2.78. The van der Waals surface area contributed by atoms with E-state index in [2.05, 4.69) is 32.6 Å². The van der Waals surface area contributed by atoms with Crippen molar-refractivity contribution in [1.29, 1.82) is 0 Å². The highest BCUT2D eigenvalue weighted by atomic mass is 79.9. The molecule has 0 aliphatic rings. The molecule has 0 aliphatic heterocycles. The minimum Gasteiger partial charge on any atom is -0.332 e. The van der Waals surface area contributed by atoms with E-state index in [-0.39, 0.29) is 0 Å². The fraction of sp³-hybridized carbons (Fsp3) is 0.0714. The molecule has 0 aliphatic carbocycles. The van der Waals surface area contributed by atoms with Gasteiger partial charge in [-0.1, -0.05) is 34.1 Å². The van der Waals surface area contributed by atoms with Gasteiger partial charge in [0.2, 0.25) is 0 Å².